The average molecular weight is 254 g/mol. The second kappa shape index (κ2) is 5.43. The molecule has 2 aromatic heterocycles. The second-order valence-corrected chi connectivity index (χ2v) is 4.15. The van der Waals surface area contributed by atoms with Gasteiger partial charge in [-0.2, -0.15) is 0 Å². The van der Waals surface area contributed by atoms with Crippen LogP contribution in [-0.4, -0.2) is 31.5 Å². The van der Waals surface area contributed by atoms with Crippen LogP contribution in [0, 0.1) is 0 Å². The zero-order chi connectivity index (χ0) is 12.9. The van der Waals surface area contributed by atoms with Crippen molar-refractivity contribution in [3.05, 3.63) is 42.7 Å². The number of nitrogens with one attached hydrogen (secondary N) is 1. The van der Waals surface area contributed by atoms with Crippen LogP contribution in [0.1, 0.15) is 6.42 Å². The van der Waals surface area contributed by atoms with E-state index in [-0.39, 0.29) is 0 Å². The summed E-state index contributed by atoms with van der Waals surface area (Å²) < 4.78 is 1.92. The zero-order valence-electron chi connectivity index (χ0n) is 10.4. The van der Waals surface area contributed by atoms with Crippen LogP contribution in [0.5, 0.6) is 0 Å². The maximum absolute atomic E-state index is 4.15. The number of nitrogens with zero attached hydrogens (tertiary/aromatic N) is 5. The van der Waals surface area contributed by atoms with Crippen molar-refractivity contribution in [2.75, 3.05) is 11.9 Å². The highest BCUT2D eigenvalue weighted by atomic mass is 15.4. The second-order valence-electron chi connectivity index (χ2n) is 4.15. The van der Waals surface area contributed by atoms with Gasteiger partial charge in [0.25, 0.3) is 0 Å². The van der Waals surface area contributed by atoms with Crippen molar-refractivity contribution < 1.29 is 0 Å². The number of hydrogen-bond donors (Lipinski definition) is 1. The van der Waals surface area contributed by atoms with Crippen molar-refractivity contribution in [3.8, 4) is 0 Å². The Balaban J connectivity index is 1.55. The molecule has 0 aliphatic carbocycles. The van der Waals surface area contributed by atoms with Gasteiger partial charge in [-0.25, -0.2) is 14.6 Å². The smallest absolute Gasteiger partial charge is 0.222 e. The maximum atomic E-state index is 4.15. The van der Waals surface area contributed by atoms with Gasteiger partial charge in [-0.1, -0.05) is 17.3 Å². The standard InChI is InChI=1S/C13H14N6/c1-2-6-12-11(5-1)17-18-19(12)10-4-9-16-13-14-7-3-8-15-13/h1-3,5-8H,4,9-10H2,(H,14,15,16). The molecule has 0 atom stereocenters. The predicted octanol–water partition coefficient (Wildman–Crippen LogP) is 1.72. The number of benzene rings is 1. The van der Waals surface area contributed by atoms with Crippen molar-refractivity contribution in [2.24, 2.45) is 0 Å². The average Bonchev–Trinajstić information content (AvgIpc) is 2.88. The number of anilines is 1. The van der Waals surface area contributed by atoms with E-state index < -0.39 is 0 Å². The molecule has 0 radical (unpaired) electrons. The van der Waals surface area contributed by atoms with Crippen LogP contribution >= 0.6 is 0 Å². The van der Waals surface area contributed by atoms with Crippen molar-refractivity contribution >= 4 is 17.0 Å². The van der Waals surface area contributed by atoms with E-state index in [0.717, 1.165) is 30.5 Å². The third kappa shape index (κ3) is 2.67. The van der Waals surface area contributed by atoms with Gasteiger partial charge in [-0.15, -0.1) is 5.10 Å². The molecule has 19 heavy (non-hydrogen) atoms. The van der Waals surface area contributed by atoms with Crippen molar-refractivity contribution in [3.63, 3.8) is 0 Å². The Hall–Kier alpha value is -2.50. The van der Waals surface area contributed by atoms with E-state index in [0.29, 0.717) is 5.95 Å². The van der Waals surface area contributed by atoms with Gasteiger partial charge in [-0.3, -0.25) is 0 Å². The fourth-order valence-corrected chi connectivity index (χ4v) is 1.90. The first-order chi connectivity index (χ1) is 9.43. The van der Waals surface area contributed by atoms with E-state index >= 15 is 0 Å². The van der Waals surface area contributed by atoms with Crippen LogP contribution in [0.25, 0.3) is 11.0 Å². The molecule has 0 saturated carbocycles. The van der Waals surface area contributed by atoms with E-state index in [9.17, 15) is 0 Å². The van der Waals surface area contributed by atoms with Gasteiger partial charge in [-0.05, 0) is 24.6 Å². The van der Waals surface area contributed by atoms with Crippen LogP contribution in [0.15, 0.2) is 42.7 Å². The lowest BCUT2D eigenvalue weighted by Gasteiger charge is -2.04. The molecule has 0 bridgehead atoms. The number of aromatic nitrogens is 5. The molecule has 2 heterocycles. The van der Waals surface area contributed by atoms with Crippen LogP contribution in [0.2, 0.25) is 0 Å². The topological polar surface area (TPSA) is 68.5 Å². The summed E-state index contributed by atoms with van der Waals surface area (Å²) in [5.74, 6) is 0.658. The summed E-state index contributed by atoms with van der Waals surface area (Å²) >= 11 is 0. The first kappa shape index (κ1) is 11.6. The Morgan fingerprint density at radius 2 is 1.89 bits per heavy atom. The molecule has 3 rings (SSSR count). The van der Waals surface area contributed by atoms with Crippen LogP contribution in [0.3, 0.4) is 0 Å². The molecule has 0 unspecified atom stereocenters. The highest BCUT2D eigenvalue weighted by molar-refractivity contribution is 5.73. The fourth-order valence-electron chi connectivity index (χ4n) is 1.90. The van der Waals surface area contributed by atoms with Gasteiger partial charge in [0.05, 0.1) is 5.52 Å². The van der Waals surface area contributed by atoms with E-state index in [1.54, 1.807) is 18.5 Å². The lowest BCUT2D eigenvalue weighted by molar-refractivity contribution is 0.585. The summed E-state index contributed by atoms with van der Waals surface area (Å²) in [5, 5.41) is 11.4. The third-order valence-corrected chi connectivity index (χ3v) is 2.82. The van der Waals surface area contributed by atoms with E-state index in [4.69, 9.17) is 0 Å². The summed E-state index contributed by atoms with van der Waals surface area (Å²) in [6, 6.07) is 9.76. The van der Waals surface area contributed by atoms with E-state index in [1.165, 1.54) is 0 Å². The van der Waals surface area contributed by atoms with Crippen molar-refractivity contribution in [2.45, 2.75) is 13.0 Å². The molecular weight excluding hydrogens is 240 g/mol. The van der Waals surface area contributed by atoms with Gasteiger partial charge in [0.2, 0.25) is 5.95 Å². The van der Waals surface area contributed by atoms with Gasteiger partial charge in [0.15, 0.2) is 0 Å². The lowest BCUT2D eigenvalue weighted by Crippen LogP contribution is -2.09. The first-order valence-electron chi connectivity index (χ1n) is 6.22. The number of para-hydroxylation sites is 1. The Kier molecular flexibility index (Phi) is 3.31. The lowest BCUT2D eigenvalue weighted by atomic mass is 10.3. The molecule has 0 aliphatic rings. The summed E-state index contributed by atoms with van der Waals surface area (Å²) in [4.78, 5) is 8.21. The van der Waals surface area contributed by atoms with E-state index in [1.807, 2.05) is 28.9 Å². The largest absolute Gasteiger partial charge is 0.354 e. The minimum atomic E-state index is 0.658. The fraction of sp³-hybridized carbons (Fsp3) is 0.231. The van der Waals surface area contributed by atoms with Crippen LogP contribution < -0.4 is 5.32 Å². The molecule has 1 N–H and O–H groups in total. The zero-order valence-corrected chi connectivity index (χ0v) is 10.4. The Labute approximate surface area is 110 Å². The quantitative estimate of drug-likeness (QED) is 0.702. The van der Waals surface area contributed by atoms with Gasteiger partial charge in [0.1, 0.15) is 5.52 Å². The van der Waals surface area contributed by atoms with Gasteiger partial charge >= 0.3 is 0 Å². The molecule has 0 spiro atoms. The molecule has 6 heteroatoms. The Morgan fingerprint density at radius 1 is 1.05 bits per heavy atom. The summed E-state index contributed by atoms with van der Waals surface area (Å²) in [6.45, 7) is 1.62. The minimum Gasteiger partial charge on any atom is -0.354 e. The Morgan fingerprint density at radius 3 is 2.79 bits per heavy atom. The molecule has 1 aromatic carbocycles. The minimum absolute atomic E-state index is 0.658. The molecule has 96 valence electrons. The first-order valence-corrected chi connectivity index (χ1v) is 6.22. The highest BCUT2D eigenvalue weighted by Gasteiger charge is 2.02. The molecule has 0 saturated heterocycles. The van der Waals surface area contributed by atoms with Gasteiger partial charge < -0.3 is 5.32 Å². The monoisotopic (exact) mass is 254 g/mol. The summed E-state index contributed by atoms with van der Waals surface area (Å²) in [5.41, 5.74) is 2.00. The SMILES string of the molecule is c1cnc(NCCCn2nnc3ccccc32)nc1. The van der Waals surface area contributed by atoms with E-state index in [2.05, 4.69) is 25.6 Å². The third-order valence-electron chi connectivity index (χ3n) is 2.82. The number of rotatable bonds is 5. The number of fused-ring (bicyclic) bond motifs is 1. The predicted molar refractivity (Wildman–Crippen MR) is 72.7 cm³/mol. The summed E-state index contributed by atoms with van der Waals surface area (Å²) in [7, 11) is 0. The molecule has 0 amide bonds. The Bertz CT molecular complexity index is 648. The van der Waals surface area contributed by atoms with Crippen molar-refractivity contribution in [1.82, 2.24) is 25.0 Å². The van der Waals surface area contributed by atoms with Crippen LogP contribution in [-0.2, 0) is 6.54 Å². The van der Waals surface area contributed by atoms with Crippen LogP contribution in [0.4, 0.5) is 5.95 Å². The summed E-state index contributed by atoms with van der Waals surface area (Å²) in [6.07, 6.45) is 4.38. The van der Waals surface area contributed by atoms with Gasteiger partial charge in [0, 0.05) is 25.5 Å². The number of aryl methyl sites for hydroxylation is 1. The molecular formula is C13H14N6. The molecule has 0 aliphatic heterocycles. The molecule has 3 aromatic rings. The highest BCUT2D eigenvalue weighted by Crippen LogP contribution is 2.09. The molecule has 0 fully saturated rings. The normalized spacial score (nSPS) is 10.7. The van der Waals surface area contributed by atoms with Crippen molar-refractivity contribution in [1.29, 1.82) is 0 Å². The maximum Gasteiger partial charge on any atom is 0.222 e. The molecule has 6 nitrogen and oxygen atoms in total. The number of hydrogen-bond acceptors (Lipinski definition) is 5.